The maximum absolute atomic E-state index is 11.2. The molecule has 0 aliphatic carbocycles. The molecule has 0 spiro atoms. The van der Waals surface area contributed by atoms with Gasteiger partial charge < -0.3 is 14.2 Å². The first-order valence-electron chi connectivity index (χ1n) is 6.57. The van der Waals surface area contributed by atoms with E-state index < -0.39 is 11.7 Å². The maximum atomic E-state index is 11.2. The Labute approximate surface area is 115 Å². The van der Waals surface area contributed by atoms with Gasteiger partial charge in [-0.25, -0.2) is 4.79 Å². The second-order valence-electron chi connectivity index (χ2n) is 5.53. The molecule has 0 rings (SSSR count). The second-order valence-corrected chi connectivity index (χ2v) is 5.53. The third kappa shape index (κ3) is 15.1. The lowest BCUT2D eigenvalue weighted by atomic mass is 10.2. The van der Waals surface area contributed by atoms with E-state index in [1.165, 1.54) is 0 Å². The van der Waals surface area contributed by atoms with Gasteiger partial charge in [-0.15, -0.1) is 0 Å². The number of nitrogens with one attached hydrogen (secondary N) is 1. The van der Waals surface area contributed by atoms with Crippen LogP contribution in [-0.4, -0.2) is 44.7 Å². The number of carbonyl (C=O) groups is 1. The van der Waals surface area contributed by atoms with E-state index in [1.807, 2.05) is 0 Å². The molecule has 0 aromatic heterocycles. The highest BCUT2D eigenvalue weighted by Crippen LogP contribution is 2.06. The van der Waals surface area contributed by atoms with Gasteiger partial charge in [-0.3, -0.25) is 4.84 Å². The smallest absolute Gasteiger partial charge is 0.431 e. The first-order valence-corrected chi connectivity index (χ1v) is 6.57. The Morgan fingerprint density at radius 1 is 1.05 bits per heavy atom. The molecule has 19 heavy (non-hydrogen) atoms. The molecule has 0 saturated heterocycles. The van der Waals surface area contributed by atoms with Crippen LogP contribution in [0.4, 0.5) is 4.79 Å². The summed E-state index contributed by atoms with van der Waals surface area (Å²) in [5.41, 5.74) is 1.65. The second kappa shape index (κ2) is 10.00. The van der Waals surface area contributed by atoms with Crippen LogP contribution in [0.15, 0.2) is 0 Å². The summed E-state index contributed by atoms with van der Waals surface area (Å²) in [6.07, 6.45) is -0.604. The molecular weight excluding hydrogens is 250 g/mol. The fourth-order valence-corrected chi connectivity index (χ4v) is 1.05. The number of carbonyl (C=O) groups excluding carboxylic acids is 1. The van der Waals surface area contributed by atoms with Crippen molar-refractivity contribution in [1.82, 2.24) is 5.48 Å². The molecule has 0 aliphatic heterocycles. The Hall–Kier alpha value is -0.850. The summed E-state index contributed by atoms with van der Waals surface area (Å²) in [5, 5.41) is 0. The summed E-state index contributed by atoms with van der Waals surface area (Å²) in [6, 6.07) is 0. The molecule has 0 aromatic rings. The van der Waals surface area contributed by atoms with E-state index in [0.29, 0.717) is 25.7 Å². The van der Waals surface area contributed by atoms with Crippen LogP contribution in [0.5, 0.6) is 0 Å². The van der Waals surface area contributed by atoms with Crippen molar-refractivity contribution < 1.29 is 23.8 Å². The normalized spacial score (nSPS) is 11.7. The lowest BCUT2D eigenvalue weighted by Gasteiger charge is -2.19. The molecule has 6 heteroatoms. The molecule has 0 unspecified atom stereocenters. The van der Waals surface area contributed by atoms with Crippen LogP contribution >= 0.6 is 0 Å². The molecule has 6 nitrogen and oxygen atoms in total. The van der Waals surface area contributed by atoms with E-state index in [-0.39, 0.29) is 6.61 Å². The van der Waals surface area contributed by atoms with Gasteiger partial charge in [-0.1, -0.05) is 13.8 Å². The van der Waals surface area contributed by atoms with Crippen LogP contribution < -0.4 is 5.48 Å². The van der Waals surface area contributed by atoms with E-state index in [1.54, 1.807) is 20.8 Å². The van der Waals surface area contributed by atoms with Crippen LogP contribution in [0, 0.1) is 5.92 Å². The number of hydrogen-bond acceptors (Lipinski definition) is 5. The first-order chi connectivity index (χ1) is 8.81. The van der Waals surface area contributed by atoms with Crippen molar-refractivity contribution in [2.24, 2.45) is 5.92 Å². The van der Waals surface area contributed by atoms with Gasteiger partial charge in [-0.05, 0) is 26.7 Å². The van der Waals surface area contributed by atoms with Crippen molar-refractivity contribution in [3.8, 4) is 0 Å². The fourth-order valence-electron chi connectivity index (χ4n) is 1.05. The predicted molar refractivity (Wildman–Crippen MR) is 71.8 cm³/mol. The minimum Gasteiger partial charge on any atom is -0.442 e. The highest BCUT2D eigenvalue weighted by atomic mass is 16.7. The summed E-state index contributed by atoms with van der Waals surface area (Å²) in [7, 11) is 0. The Balaban J connectivity index is 3.25. The molecule has 0 aromatic carbocycles. The quantitative estimate of drug-likeness (QED) is 0.516. The minimum absolute atomic E-state index is 0.267. The largest absolute Gasteiger partial charge is 0.442 e. The number of hydroxylamine groups is 1. The van der Waals surface area contributed by atoms with E-state index >= 15 is 0 Å². The Kier molecular flexibility index (Phi) is 9.55. The van der Waals surface area contributed by atoms with Crippen molar-refractivity contribution >= 4 is 6.09 Å². The zero-order valence-corrected chi connectivity index (χ0v) is 12.7. The first kappa shape index (κ1) is 18.1. The van der Waals surface area contributed by atoms with E-state index in [0.717, 1.165) is 6.61 Å². The maximum Gasteiger partial charge on any atom is 0.431 e. The van der Waals surface area contributed by atoms with Gasteiger partial charge in [0, 0.05) is 6.61 Å². The number of hydrogen-bond donors (Lipinski definition) is 1. The van der Waals surface area contributed by atoms with E-state index in [4.69, 9.17) is 19.0 Å². The molecular formula is C13H27NO5. The summed E-state index contributed by atoms with van der Waals surface area (Å²) >= 11 is 0. The Bertz CT molecular complexity index is 238. The third-order valence-corrected chi connectivity index (χ3v) is 1.71. The fraction of sp³-hybridized carbons (Fsp3) is 0.923. The molecule has 0 atom stereocenters. The molecule has 0 aliphatic rings. The average Bonchev–Trinajstić information content (AvgIpc) is 2.24. The van der Waals surface area contributed by atoms with Crippen LogP contribution in [0.25, 0.3) is 0 Å². The van der Waals surface area contributed by atoms with Crippen molar-refractivity contribution in [2.75, 3.05) is 33.0 Å². The van der Waals surface area contributed by atoms with Gasteiger partial charge in [0.1, 0.15) is 5.60 Å². The van der Waals surface area contributed by atoms with Gasteiger partial charge in [0.2, 0.25) is 0 Å². The molecule has 0 heterocycles. The lowest BCUT2D eigenvalue weighted by Crippen LogP contribution is -2.33. The van der Waals surface area contributed by atoms with Gasteiger partial charge in [0.25, 0.3) is 0 Å². The molecule has 1 amide bonds. The van der Waals surface area contributed by atoms with Crippen LogP contribution in [0.1, 0.15) is 34.6 Å². The van der Waals surface area contributed by atoms with Crippen molar-refractivity contribution in [1.29, 1.82) is 0 Å². The van der Waals surface area contributed by atoms with Crippen LogP contribution in [0.2, 0.25) is 0 Å². The molecule has 0 bridgehead atoms. The number of rotatable bonds is 9. The molecule has 114 valence electrons. The van der Waals surface area contributed by atoms with Gasteiger partial charge in [0.05, 0.1) is 26.4 Å². The zero-order valence-electron chi connectivity index (χ0n) is 12.7. The van der Waals surface area contributed by atoms with Gasteiger partial charge in [0.15, 0.2) is 0 Å². The average molecular weight is 277 g/mol. The Morgan fingerprint density at radius 3 is 2.21 bits per heavy atom. The molecule has 0 saturated carbocycles. The predicted octanol–water partition coefficient (Wildman–Crippen LogP) is 2.13. The van der Waals surface area contributed by atoms with Crippen molar-refractivity contribution in [2.45, 2.75) is 40.2 Å². The van der Waals surface area contributed by atoms with Crippen LogP contribution in [-0.2, 0) is 19.0 Å². The highest BCUT2D eigenvalue weighted by Gasteiger charge is 2.15. The van der Waals surface area contributed by atoms with Gasteiger partial charge in [-0.2, -0.15) is 5.48 Å². The summed E-state index contributed by atoms with van der Waals surface area (Å²) in [6.45, 7) is 12.0. The topological polar surface area (TPSA) is 66.0 Å². The van der Waals surface area contributed by atoms with Gasteiger partial charge >= 0.3 is 6.09 Å². The third-order valence-electron chi connectivity index (χ3n) is 1.71. The number of amides is 1. The standard InChI is InChI=1S/C13H27NO5/c1-11(2)10-17-7-6-16-8-9-18-14-12(15)19-13(3,4)5/h11H,6-10H2,1-5H3,(H,14,15). The molecule has 1 N–H and O–H groups in total. The monoisotopic (exact) mass is 277 g/mol. The molecule has 0 fully saturated rings. The zero-order chi connectivity index (χ0) is 14.7. The lowest BCUT2D eigenvalue weighted by molar-refractivity contribution is -0.0337. The van der Waals surface area contributed by atoms with E-state index in [9.17, 15) is 4.79 Å². The van der Waals surface area contributed by atoms with E-state index in [2.05, 4.69) is 19.3 Å². The summed E-state index contributed by atoms with van der Waals surface area (Å²) in [4.78, 5) is 16.1. The minimum atomic E-state index is -0.604. The van der Waals surface area contributed by atoms with Crippen molar-refractivity contribution in [3.63, 3.8) is 0 Å². The number of ether oxygens (including phenoxy) is 3. The highest BCUT2D eigenvalue weighted by molar-refractivity contribution is 5.66. The van der Waals surface area contributed by atoms with Crippen molar-refractivity contribution in [3.05, 3.63) is 0 Å². The SMILES string of the molecule is CC(C)COCCOCCONC(=O)OC(C)(C)C. The molecule has 0 radical (unpaired) electrons. The van der Waals surface area contributed by atoms with Crippen LogP contribution in [0.3, 0.4) is 0 Å². The summed E-state index contributed by atoms with van der Waals surface area (Å²) < 4.78 is 15.6. The summed E-state index contributed by atoms with van der Waals surface area (Å²) in [5.74, 6) is 0.529. The Morgan fingerprint density at radius 2 is 1.63 bits per heavy atom.